The van der Waals surface area contributed by atoms with Gasteiger partial charge in [0.2, 0.25) is 0 Å². The van der Waals surface area contributed by atoms with Crippen molar-refractivity contribution in [3.8, 4) is 0 Å². The molecule has 0 aromatic rings. The van der Waals surface area contributed by atoms with Gasteiger partial charge in [-0.15, -0.1) is 0 Å². The van der Waals surface area contributed by atoms with E-state index in [1.54, 1.807) is 13.8 Å². The predicted molar refractivity (Wildman–Crippen MR) is 153 cm³/mol. The highest BCUT2D eigenvalue weighted by Crippen LogP contribution is 2.69. The predicted octanol–water partition coefficient (Wildman–Crippen LogP) is 6.56. The highest BCUT2D eigenvalue weighted by Gasteiger charge is 2.60. The molecular formula is C33H50O6. The summed E-state index contributed by atoms with van der Waals surface area (Å²) in [5, 5.41) is 31.3. The lowest BCUT2D eigenvalue weighted by molar-refractivity contribution is -0.0671. The van der Waals surface area contributed by atoms with Crippen LogP contribution in [0, 0.1) is 22.7 Å². The van der Waals surface area contributed by atoms with Crippen LogP contribution in [0.3, 0.4) is 0 Å². The minimum Gasteiger partial charge on any atom is -0.434 e. The average Bonchev–Trinajstić information content (AvgIpc) is 3.56. The van der Waals surface area contributed by atoms with E-state index in [0.29, 0.717) is 31.3 Å². The van der Waals surface area contributed by atoms with Crippen molar-refractivity contribution < 1.29 is 29.6 Å². The Morgan fingerprint density at radius 2 is 1.95 bits per heavy atom. The van der Waals surface area contributed by atoms with E-state index in [4.69, 9.17) is 9.47 Å². The molecule has 4 aliphatic carbocycles. The van der Waals surface area contributed by atoms with E-state index < -0.39 is 30.1 Å². The molecule has 6 heteroatoms. The maximum atomic E-state index is 12.1. The second kappa shape index (κ2) is 11.9. The minimum atomic E-state index is -1.07. The van der Waals surface area contributed by atoms with Crippen molar-refractivity contribution in [2.24, 2.45) is 22.7 Å². The zero-order valence-electron chi connectivity index (χ0n) is 24.5. The number of allylic oxidation sites excluding steroid dienone is 4. The van der Waals surface area contributed by atoms with Crippen LogP contribution in [0.15, 0.2) is 47.6 Å². The van der Waals surface area contributed by atoms with Gasteiger partial charge >= 0.3 is 6.16 Å². The molecular weight excluding hydrogens is 492 g/mol. The maximum absolute atomic E-state index is 12.1. The lowest BCUT2D eigenvalue weighted by Crippen LogP contribution is -2.40. The van der Waals surface area contributed by atoms with E-state index in [2.05, 4.69) is 31.7 Å². The lowest BCUT2D eigenvalue weighted by atomic mass is 9.60. The fraction of sp³-hybridized carbons (Fsp3) is 0.727. The number of aliphatic hydroxyl groups excluding tert-OH is 3. The molecule has 0 aromatic heterocycles. The fourth-order valence-electron chi connectivity index (χ4n) is 7.54. The smallest absolute Gasteiger partial charge is 0.434 e. The van der Waals surface area contributed by atoms with Gasteiger partial charge in [-0.3, -0.25) is 0 Å². The molecule has 6 atom stereocenters. The maximum Gasteiger partial charge on any atom is 0.508 e. The summed E-state index contributed by atoms with van der Waals surface area (Å²) in [5.41, 5.74) is 2.40. The monoisotopic (exact) mass is 542 g/mol. The molecule has 0 aromatic carbocycles. The van der Waals surface area contributed by atoms with Gasteiger partial charge in [0.15, 0.2) is 0 Å². The largest absolute Gasteiger partial charge is 0.508 e. The van der Waals surface area contributed by atoms with Crippen LogP contribution in [-0.4, -0.2) is 52.0 Å². The van der Waals surface area contributed by atoms with Crippen LogP contribution >= 0.6 is 0 Å². The molecule has 0 amide bonds. The van der Waals surface area contributed by atoms with Crippen molar-refractivity contribution in [1.29, 1.82) is 0 Å². The number of hydrogen-bond acceptors (Lipinski definition) is 6. The van der Waals surface area contributed by atoms with Crippen molar-refractivity contribution >= 4 is 6.16 Å². The molecule has 218 valence electrons. The number of carbonyl (C=O) groups is 1. The summed E-state index contributed by atoms with van der Waals surface area (Å²) in [6.45, 7) is 12.3. The Morgan fingerprint density at radius 1 is 1.21 bits per heavy atom. The molecule has 4 fully saturated rings. The van der Waals surface area contributed by atoms with Crippen LogP contribution in [0.4, 0.5) is 4.79 Å². The summed E-state index contributed by atoms with van der Waals surface area (Å²) < 4.78 is 10.6. The number of carbonyl (C=O) groups excluding carboxylic acids is 1. The molecule has 4 rings (SSSR count). The Labute approximate surface area is 234 Å². The van der Waals surface area contributed by atoms with E-state index in [1.165, 1.54) is 24.8 Å². The van der Waals surface area contributed by atoms with Gasteiger partial charge in [0, 0.05) is 6.42 Å². The lowest BCUT2D eigenvalue weighted by Gasteiger charge is -2.45. The molecule has 39 heavy (non-hydrogen) atoms. The van der Waals surface area contributed by atoms with Crippen LogP contribution in [0.1, 0.15) is 98.3 Å². The first kappa shape index (κ1) is 30.1. The van der Waals surface area contributed by atoms with Gasteiger partial charge in [-0.05, 0) is 105 Å². The molecule has 0 heterocycles. The third kappa shape index (κ3) is 6.55. The average molecular weight is 543 g/mol. The summed E-state index contributed by atoms with van der Waals surface area (Å²) >= 11 is 0. The van der Waals surface area contributed by atoms with Gasteiger partial charge < -0.3 is 24.8 Å². The summed E-state index contributed by atoms with van der Waals surface area (Å²) in [7, 11) is 0. The van der Waals surface area contributed by atoms with E-state index in [0.717, 1.165) is 49.7 Å². The van der Waals surface area contributed by atoms with Crippen LogP contribution in [0.2, 0.25) is 0 Å². The summed E-state index contributed by atoms with van der Waals surface area (Å²) in [5.74, 6) is 1.07. The first-order chi connectivity index (χ1) is 18.4. The molecule has 4 aliphatic rings. The molecule has 0 bridgehead atoms. The van der Waals surface area contributed by atoms with Crippen molar-refractivity contribution in [3.05, 3.63) is 47.6 Å². The minimum absolute atomic E-state index is 0.0922. The van der Waals surface area contributed by atoms with E-state index in [-0.39, 0.29) is 10.8 Å². The number of fused-ring (bicyclic) bond motifs is 1. The third-order valence-electron chi connectivity index (χ3n) is 10.1. The quantitative estimate of drug-likeness (QED) is 0.174. The van der Waals surface area contributed by atoms with Crippen molar-refractivity contribution in [3.63, 3.8) is 0 Å². The third-order valence-corrected chi connectivity index (χ3v) is 10.1. The summed E-state index contributed by atoms with van der Waals surface area (Å²) in [4.78, 5) is 12.1. The number of ether oxygens (including phenoxy) is 2. The standard InChI is InChI=1S/C33H50O6/c1-6-7-19-38-30(37)39-31(3,4)29(36)14-16-33(17-18-33)28-13-12-26-23(9-8-15-32(26,28)5)10-11-24-20-25(34)21-27(35)22(24)2/h10-11,14,16,25-29,34-36H,2,6-9,12-13,15,17-21H2,1,3-5H3/b16-14+,23-10+,24-11-/t25-,26+,27+,28+,29-,32+/m1/s1. The molecule has 3 N–H and O–H groups in total. The fourth-order valence-corrected chi connectivity index (χ4v) is 7.54. The zero-order valence-corrected chi connectivity index (χ0v) is 24.5. The molecule has 4 saturated carbocycles. The zero-order chi connectivity index (χ0) is 28.4. The molecule has 6 nitrogen and oxygen atoms in total. The van der Waals surface area contributed by atoms with E-state index >= 15 is 0 Å². The highest BCUT2D eigenvalue weighted by atomic mass is 16.7. The molecule has 0 saturated heterocycles. The Hall–Kier alpha value is -1.89. The molecule has 0 spiro atoms. The van der Waals surface area contributed by atoms with Crippen molar-refractivity contribution in [1.82, 2.24) is 0 Å². The van der Waals surface area contributed by atoms with Gasteiger partial charge in [0.1, 0.15) is 11.7 Å². The van der Waals surface area contributed by atoms with Gasteiger partial charge in [-0.25, -0.2) is 4.79 Å². The van der Waals surface area contributed by atoms with Crippen LogP contribution < -0.4 is 0 Å². The summed E-state index contributed by atoms with van der Waals surface area (Å²) in [6, 6.07) is 0. The first-order valence-electron chi connectivity index (χ1n) is 15.1. The van der Waals surface area contributed by atoms with Gasteiger partial charge in [0.25, 0.3) is 0 Å². The normalized spacial score (nSPS) is 35.3. The topological polar surface area (TPSA) is 96.2 Å². The second-order valence-corrected chi connectivity index (χ2v) is 13.3. The molecule has 0 radical (unpaired) electrons. The van der Waals surface area contributed by atoms with E-state index in [1.807, 2.05) is 13.0 Å². The van der Waals surface area contributed by atoms with Crippen LogP contribution in [-0.2, 0) is 9.47 Å². The van der Waals surface area contributed by atoms with Gasteiger partial charge in [-0.2, -0.15) is 0 Å². The molecule has 0 aliphatic heterocycles. The number of unbranched alkanes of at least 4 members (excludes halogenated alkanes) is 1. The SMILES string of the molecule is C=C1/C(=C\C=C2/CCC[C@]3(C)[C@@H](C4(/C=C/[C@@H](O)C(C)(C)OC(=O)OCCCC)CC4)CC[C@@H]23)C[C@@H](O)C[C@@H]1O. The second-order valence-electron chi connectivity index (χ2n) is 13.3. The number of aliphatic hydroxyl groups is 3. The number of rotatable bonds is 9. The van der Waals surface area contributed by atoms with Gasteiger partial charge in [-0.1, -0.05) is 56.7 Å². The first-order valence-corrected chi connectivity index (χ1v) is 15.1. The Morgan fingerprint density at radius 3 is 2.64 bits per heavy atom. The Kier molecular flexibility index (Phi) is 9.19. The van der Waals surface area contributed by atoms with Crippen LogP contribution in [0.5, 0.6) is 0 Å². The highest BCUT2D eigenvalue weighted by molar-refractivity contribution is 5.60. The van der Waals surface area contributed by atoms with Gasteiger partial charge in [0.05, 0.1) is 18.8 Å². The summed E-state index contributed by atoms with van der Waals surface area (Å²) in [6.07, 6.45) is 16.3. The Balaban J connectivity index is 1.44. The Bertz CT molecular complexity index is 1000. The number of hydrogen-bond donors (Lipinski definition) is 3. The van der Waals surface area contributed by atoms with Crippen LogP contribution in [0.25, 0.3) is 0 Å². The van der Waals surface area contributed by atoms with E-state index in [9.17, 15) is 20.1 Å². The van der Waals surface area contributed by atoms with Crippen molar-refractivity contribution in [2.45, 2.75) is 122 Å². The van der Waals surface area contributed by atoms with Crippen molar-refractivity contribution in [2.75, 3.05) is 6.61 Å². The molecule has 0 unspecified atom stereocenters.